The molecule has 1 aliphatic heterocycles. The summed E-state index contributed by atoms with van der Waals surface area (Å²) in [6.45, 7) is 0.861. The number of rotatable bonds is 5. The summed E-state index contributed by atoms with van der Waals surface area (Å²) in [6.07, 6.45) is 5.53. The molecule has 0 radical (unpaired) electrons. The number of benzene rings is 1. The first-order valence-electron chi connectivity index (χ1n) is 8.59. The molecule has 0 bridgehead atoms. The van der Waals surface area contributed by atoms with Gasteiger partial charge >= 0.3 is 0 Å². The molecular weight excluding hydrogens is 326 g/mol. The molecule has 3 heterocycles. The van der Waals surface area contributed by atoms with Gasteiger partial charge in [0.05, 0.1) is 5.71 Å². The van der Waals surface area contributed by atoms with Crippen molar-refractivity contribution in [2.75, 3.05) is 11.5 Å². The van der Waals surface area contributed by atoms with Crippen LogP contribution in [0.15, 0.2) is 66.1 Å². The second kappa shape index (κ2) is 6.92. The molecule has 1 aromatic carbocycles. The Morgan fingerprint density at radius 3 is 2.69 bits per heavy atom. The number of hydrogen-bond donors (Lipinski definition) is 2. The molecule has 6 nitrogen and oxygen atoms in total. The molecule has 1 unspecified atom stereocenters. The molecule has 0 saturated carbocycles. The first-order valence-corrected chi connectivity index (χ1v) is 8.59. The van der Waals surface area contributed by atoms with Crippen LogP contribution >= 0.6 is 0 Å². The summed E-state index contributed by atoms with van der Waals surface area (Å²) in [7, 11) is 0. The van der Waals surface area contributed by atoms with Crippen LogP contribution in [0.2, 0.25) is 0 Å². The highest BCUT2D eigenvalue weighted by molar-refractivity contribution is 5.87. The Balaban J connectivity index is 1.38. The van der Waals surface area contributed by atoms with Gasteiger partial charge < -0.3 is 20.9 Å². The monoisotopic (exact) mass is 347 g/mol. The lowest BCUT2D eigenvalue weighted by molar-refractivity contribution is 0.0860. The van der Waals surface area contributed by atoms with Gasteiger partial charge in [0.2, 0.25) is 0 Å². The van der Waals surface area contributed by atoms with Crippen LogP contribution in [0.25, 0.3) is 0 Å². The van der Waals surface area contributed by atoms with E-state index in [9.17, 15) is 0 Å². The molecule has 4 rings (SSSR count). The van der Waals surface area contributed by atoms with Gasteiger partial charge in [0.25, 0.3) is 0 Å². The maximum atomic E-state index is 5.95. The van der Waals surface area contributed by atoms with Gasteiger partial charge in [0.1, 0.15) is 11.6 Å². The molecule has 0 aliphatic carbocycles. The van der Waals surface area contributed by atoms with Crippen molar-refractivity contribution in [1.82, 2.24) is 9.55 Å². The van der Waals surface area contributed by atoms with E-state index in [0.717, 1.165) is 24.2 Å². The average molecular weight is 347 g/mol. The highest BCUT2D eigenvalue weighted by Crippen LogP contribution is 2.31. The first-order chi connectivity index (χ1) is 12.7. The van der Waals surface area contributed by atoms with Crippen LogP contribution in [0, 0.1) is 0 Å². The van der Waals surface area contributed by atoms with E-state index < -0.39 is 0 Å². The van der Waals surface area contributed by atoms with E-state index in [2.05, 4.69) is 57.4 Å². The van der Waals surface area contributed by atoms with Crippen molar-refractivity contribution >= 4 is 17.3 Å². The van der Waals surface area contributed by atoms with Crippen LogP contribution in [0.1, 0.15) is 29.2 Å². The number of nitrogens with two attached hydrogens (primary N) is 2. The van der Waals surface area contributed by atoms with Gasteiger partial charge in [-0.25, -0.2) is 4.98 Å². The summed E-state index contributed by atoms with van der Waals surface area (Å²) < 4.78 is 2.18. The van der Waals surface area contributed by atoms with Crippen molar-refractivity contribution in [3.05, 3.63) is 77.6 Å². The molecule has 0 fully saturated rings. The summed E-state index contributed by atoms with van der Waals surface area (Å²) in [4.78, 5) is 9.66. The van der Waals surface area contributed by atoms with Crippen molar-refractivity contribution in [2.24, 2.45) is 5.16 Å². The van der Waals surface area contributed by atoms with Gasteiger partial charge in [0.15, 0.2) is 6.10 Å². The maximum absolute atomic E-state index is 5.95. The van der Waals surface area contributed by atoms with E-state index >= 15 is 0 Å². The number of hydrogen-bond acceptors (Lipinski definition) is 5. The Kier molecular flexibility index (Phi) is 4.31. The predicted molar refractivity (Wildman–Crippen MR) is 103 cm³/mol. The standard InChI is InChI=1S/C20H21N5O/c21-19-7-6-17(20(22)23-19)18-11-16(24-26-18)10-15-8-9-25(13-15)12-14-4-2-1-3-5-14/h1-9,13,18H,10-12H2,(H4,21,22,23). The molecule has 3 aromatic rings. The van der Waals surface area contributed by atoms with Crippen molar-refractivity contribution < 1.29 is 4.84 Å². The predicted octanol–water partition coefficient (Wildman–Crippen LogP) is 3.16. The topological polar surface area (TPSA) is 91.5 Å². The first kappa shape index (κ1) is 16.2. The smallest absolute Gasteiger partial charge is 0.161 e. The summed E-state index contributed by atoms with van der Waals surface area (Å²) in [5.41, 5.74) is 15.9. The summed E-state index contributed by atoms with van der Waals surface area (Å²) in [5, 5.41) is 4.24. The third kappa shape index (κ3) is 3.54. The third-order valence-electron chi connectivity index (χ3n) is 4.48. The molecule has 26 heavy (non-hydrogen) atoms. The zero-order valence-electron chi connectivity index (χ0n) is 14.4. The second-order valence-electron chi connectivity index (χ2n) is 6.52. The quantitative estimate of drug-likeness (QED) is 0.741. The molecule has 0 saturated heterocycles. The number of anilines is 2. The van der Waals surface area contributed by atoms with Gasteiger partial charge in [-0.15, -0.1) is 0 Å². The lowest BCUT2D eigenvalue weighted by Gasteiger charge is -2.10. The molecular formula is C20H21N5O. The van der Waals surface area contributed by atoms with Gasteiger partial charge in [-0.1, -0.05) is 35.5 Å². The molecule has 1 atom stereocenters. The fourth-order valence-electron chi connectivity index (χ4n) is 3.19. The fourth-order valence-corrected chi connectivity index (χ4v) is 3.19. The summed E-state index contributed by atoms with van der Waals surface area (Å²) in [5.74, 6) is 0.811. The summed E-state index contributed by atoms with van der Waals surface area (Å²) >= 11 is 0. The SMILES string of the molecule is Nc1ccc(C2CC(Cc3ccn(Cc4ccccc4)c3)=NO2)c(N)n1. The van der Waals surface area contributed by atoms with Crippen LogP contribution in [0.5, 0.6) is 0 Å². The summed E-state index contributed by atoms with van der Waals surface area (Å²) in [6, 6.07) is 16.1. The Morgan fingerprint density at radius 2 is 1.88 bits per heavy atom. The fraction of sp³-hybridized carbons (Fsp3) is 0.200. The number of nitrogens with zero attached hydrogens (tertiary/aromatic N) is 3. The van der Waals surface area contributed by atoms with Crippen LogP contribution in [-0.4, -0.2) is 15.3 Å². The molecule has 4 N–H and O–H groups in total. The van der Waals surface area contributed by atoms with E-state index in [1.54, 1.807) is 6.07 Å². The van der Waals surface area contributed by atoms with Gasteiger partial charge in [-0.3, -0.25) is 0 Å². The maximum Gasteiger partial charge on any atom is 0.161 e. The van der Waals surface area contributed by atoms with E-state index in [4.69, 9.17) is 16.3 Å². The lowest BCUT2D eigenvalue weighted by Crippen LogP contribution is -2.07. The highest BCUT2D eigenvalue weighted by atomic mass is 16.6. The van der Waals surface area contributed by atoms with E-state index in [1.807, 2.05) is 12.1 Å². The van der Waals surface area contributed by atoms with Gasteiger partial charge in [-0.2, -0.15) is 0 Å². The van der Waals surface area contributed by atoms with Crippen molar-refractivity contribution in [3.8, 4) is 0 Å². The number of pyridine rings is 1. The van der Waals surface area contributed by atoms with E-state index in [-0.39, 0.29) is 6.10 Å². The Bertz CT molecular complexity index is 932. The van der Waals surface area contributed by atoms with Crippen LogP contribution in [0.3, 0.4) is 0 Å². The van der Waals surface area contributed by atoms with Crippen molar-refractivity contribution in [1.29, 1.82) is 0 Å². The molecule has 132 valence electrons. The molecule has 2 aromatic heterocycles. The minimum absolute atomic E-state index is 0.190. The van der Waals surface area contributed by atoms with E-state index in [1.165, 1.54) is 11.1 Å². The second-order valence-corrected chi connectivity index (χ2v) is 6.52. The molecule has 0 amide bonds. The minimum Gasteiger partial charge on any atom is -0.387 e. The number of oxime groups is 1. The third-order valence-corrected chi connectivity index (χ3v) is 4.48. The lowest BCUT2D eigenvalue weighted by atomic mass is 10.0. The van der Waals surface area contributed by atoms with Crippen molar-refractivity contribution in [2.45, 2.75) is 25.5 Å². The van der Waals surface area contributed by atoms with Gasteiger partial charge in [0, 0.05) is 37.3 Å². The van der Waals surface area contributed by atoms with Crippen molar-refractivity contribution in [3.63, 3.8) is 0 Å². The largest absolute Gasteiger partial charge is 0.387 e. The Morgan fingerprint density at radius 1 is 1.04 bits per heavy atom. The highest BCUT2D eigenvalue weighted by Gasteiger charge is 2.25. The van der Waals surface area contributed by atoms with Crippen LogP contribution in [0.4, 0.5) is 11.6 Å². The molecule has 6 heteroatoms. The van der Waals surface area contributed by atoms with Crippen LogP contribution < -0.4 is 11.5 Å². The zero-order valence-corrected chi connectivity index (χ0v) is 14.4. The number of nitrogen functional groups attached to an aromatic ring is 2. The normalized spacial score (nSPS) is 16.3. The Labute approximate surface area is 152 Å². The minimum atomic E-state index is -0.190. The van der Waals surface area contributed by atoms with Crippen LogP contribution in [-0.2, 0) is 17.8 Å². The Hall–Kier alpha value is -3.28. The average Bonchev–Trinajstić information content (AvgIpc) is 3.26. The molecule has 1 aliphatic rings. The number of aromatic nitrogens is 2. The van der Waals surface area contributed by atoms with E-state index in [0.29, 0.717) is 18.1 Å². The zero-order chi connectivity index (χ0) is 17.9. The molecule has 0 spiro atoms. The van der Waals surface area contributed by atoms with Gasteiger partial charge in [-0.05, 0) is 29.3 Å².